The molecule has 8 heteroatoms. The van der Waals surface area contributed by atoms with Crippen LogP contribution in [0.15, 0.2) is 59.5 Å². The zero-order valence-electron chi connectivity index (χ0n) is 14.6. The summed E-state index contributed by atoms with van der Waals surface area (Å²) in [7, 11) is 0. The van der Waals surface area contributed by atoms with E-state index in [4.69, 9.17) is 16.3 Å². The zero-order chi connectivity index (χ0) is 19.2. The average molecular weight is 385 g/mol. The van der Waals surface area contributed by atoms with Gasteiger partial charge in [-0.2, -0.15) is 10.1 Å². The Hall–Kier alpha value is -3.19. The van der Waals surface area contributed by atoms with E-state index in [1.807, 2.05) is 13.0 Å². The molecule has 3 aromatic rings. The number of hydrogen-bond donors (Lipinski definition) is 1. The number of para-hydroxylation sites is 2. The number of nitrogens with one attached hydrogen (secondary N) is 1. The van der Waals surface area contributed by atoms with Gasteiger partial charge in [-0.1, -0.05) is 35.9 Å². The molecule has 138 valence electrons. The van der Waals surface area contributed by atoms with E-state index in [2.05, 4.69) is 15.4 Å². The van der Waals surface area contributed by atoms with Crippen LogP contribution in [0.1, 0.15) is 6.92 Å². The Morgan fingerprint density at radius 1 is 1.19 bits per heavy atom. The molecule has 2 aromatic carbocycles. The molecule has 0 aliphatic rings. The summed E-state index contributed by atoms with van der Waals surface area (Å²) in [5.74, 6) is 0.155. The van der Waals surface area contributed by atoms with Crippen LogP contribution in [-0.2, 0) is 11.3 Å². The molecule has 1 heterocycles. The molecule has 0 unspecified atom stereocenters. The van der Waals surface area contributed by atoms with Crippen molar-refractivity contribution in [1.29, 1.82) is 0 Å². The fraction of sp³-hybridized carbons (Fsp3) is 0.158. The minimum Gasteiger partial charge on any atom is -0.492 e. The van der Waals surface area contributed by atoms with Crippen molar-refractivity contribution in [2.24, 2.45) is 0 Å². The van der Waals surface area contributed by atoms with E-state index in [1.54, 1.807) is 42.5 Å². The Labute approximate surface area is 160 Å². The van der Waals surface area contributed by atoms with Crippen LogP contribution in [0.25, 0.3) is 11.3 Å². The average Bonchev–Trinajstić information content (AvgIpc) is 2.66. The minimum absolute atomic E-state index is 0.257. The summed E-state index contributed by atoms with van der Waals surface area (Å²) >= 11 is 5.86. The van der Waals surface area contributed by atoms with Gasteiger partial charge in [0.2, 0.25) is 5.91 Å². The first kappa shape index (κ1) is 18.6. The maximum atomic E-state index is 12.3. The van der Waals surface area contributed by atoms with Crippen LogP contribution in [0.2, 0.25) is 5.02 Å². The second kappa shape index (κ2) is 8.46. The Morgan fingerprint density at radius 2 is 1.93 bits per heavy atom. The molecule has 0 saturated carbocycles. The predicted molar refractivity (Wildman–Crippen MR) is 103 cm³/mol. The van der Waals surface area contributed by atoms with Crippen molar-refractivity contribution in [2.75, 3.05) is 11.9 Å². The highest BCUT2D eigenvalue weighted by Gasteiger charge is 2.11. The lowest BCUT2D eigenvalue weighted by Crippen LogP contribution is -2.31. The summed E-state index contributed by atoms with van der Waals surface area (Å²) in [5, 5.41) is 7.34. The smallest absolute Gasteiger partial charge is 0.365 e. The molecule has 1 amide bonds. The van der Waals surface area contributed by atoms with Crippen molar-refractivity contribution in [3.8, 4) is 17.0 Å². The van der Waals surface area contributed by atoms with E-state index in [-0.39, 0.29) is 6.54 Å². The lowest BCUT2D eigenvalue weighted by Gasteiger charge is -2.11. The maximum Gasteiger partial charge on any atom is 0.365 e. The molecule has 0 aliphatic heterocycles. The highest BCUT2D eigenvalue weighted by Crippen LogP contribution is 2.23. The van der Waals surface area contributed by atoms with Crippen molar-refractivity contribution in [3.63, 3.8) is 0 Å². The molecule has 3 rings (SSSR count). The minimum atomic E-state index is -0.615. The van der Waals surface area contributed by atoms with Gasteiger partial charge >= 0.3 is 5.69 Å². The van der Waals surface area contributed by atoms with Crippen LogP contribution in [0.4, 0.5) is 5.69 Å². The molecule has 0 atom stereocenters. The SMILES string of the molecule is CCOc1ccccc1NC(=O)Cn1ncc(-c2ccc(Cl)cc2)nc1=O. The lowest BCUT2D eigenvalue weighted by molar-refractivity contribution is -0.117. The highest BCUT2D eigenvalue weighted by molar-refractivity contribution is 6.30. The molecular weight excluding hydrogens is 368 g/mol. The number of carbonyl (C=O) groups is 1. The third-order valence-electron chi connectivity index (χ3n) is 3.65. The first-order valence-electron chi connectivity index (χ1n) is 8.28. The number of hydrogen-bond acceptors (Lipinski definition) is 5. The molecule has 0 spiro atoms. The van der Waals surface area contributed by atoms with Crippen molar-refractivity contribution in [2.45, 2.75) is 13.5 Å². The van der Waals surface area contributed by atoms with Gasteiger partial charge in [0.25, 0.3) is 0 Å². The Morgan fingerprint density at radius 3 is 2.63 bits per heavy atom. The number of benzene rings is 2. The summed E-state index contributed by atoms with van der Waals surface area (Å²) in [6.07, 6.45) is 1.44. The van der Waals surface area contributed by atoms with E-state index >= 15 is 0 Å². The molecule has 1 N–H and O–H groups in total. The number of amides is 1. The number of rotatable bonds is 6. The van der Waals surface area contributed by atoms with E-state index < -0.39 is 11.6 Å². The molecular formula is C19H17ClN4O3. The number of anilines is 1. The third kappa shape index (κ3) is 4.71. The molecule has 0 aliphatic carbocycles. The molecule has 0 bridgehead atoms. The number of nitrogens with zero attached hydrogens (tertiary/aromatic N) is 3. The quantitative estimate of drug-likeness (QED) is 0.706. The van der Waals surface area contributed by atoms with E-state index in [0.29, 0.717) is 34.3 Å². The first-order valence-corrected chi connectivity index (χ1v) is 8.66. The molecule has 0 radical (unpaired) electrons. The molecule has 0 saturated heterocycles. The second-order valence-corrected chi connectivity index (χ2v) is 6.00. The third-order valence-corrected chi connectivity index (χ3v) is 3.90. The lowest BCUT2D eigenvalue weighted by atomic mass is 10.2. The van der Waals surface area contributed by atoms with Gasteiger partial charge in [0.15, 0.2) is 0 Å². The fourth-order valence-corrected chi connectivity index (χ4v) is 2.53. The Balaban J connectivity index is 1.73. The molecule has 27 heavy (non-hydrogen) atoms. The van der Waals surface area contributed by atoms with E-state index in [9.17, 15) is 9.59 Å². The van der Waals surface area contributed by atoms with Crippen LogP contribution in [0, 0.1) is 0 Å². The summed E-state index contributed by atoms with van der Waals surface area (Å²) in [5.41, 5.74) is 1.04. The van der Waals surface area contributed by atoms with Crippen molar-refractivity contribution in [3.05, 3.63) is 70.2 Å². The number of halogens is 1. The van der Waals surface area contributed by atoms with Crippen LogP contribution in [-0.4, -0.2) is 27.3 Å². The van der Waals surface area contributed by atoms with Gasteiger partial charge in [-0.25, -0.2) is 9.48 Å². The highest BCUT2D eigenvalue weighted by atomic mass is 35.5. The summed E-state index contributed by atoms with van der Waals surface area (Å²) in [4.78, 5) is 28.4. The van der Waals surface area contributed by atoms with Gasteiger partial charge in [0, 0.05) is 10.6 Å². The van der Waals surface area contributed by atoms with Gasteiger partial charge in [-0.15, -0.1) is 0 Å². The largest absolute Gasteiger partial charge is 0.492 e. The zero-order valence-corrected chi connectivity index (χ0v) is 15.3. The monoisotopic (exact) mass is 384 g/mol. The predicted octanol–water partition coefficient (Wildman–Crippen LogP) is 3.00. The van der Waals surface area contributed by atoms with Gasteiger partial charge in [-0.05, 0) is 31.2 Å². The normalized spacial score (nSPS) is 10.4. The van der Waals surface area contributed by atoms with Crippen LogP contribution >= 0.6 is 11.6 Å². The summed E-state index contributed by atoms with van der Waals surface area (Å²) < 4.78 is 6.46. The Kier molecular flexibility index (Phi) is 5.83. The second-order valence-electron chi connectivity index (χ2n) is 5.57. The first-order chi connectivity index (χ1) is 13.1. The van der Waals surface area contributed by atoms with Crippen LogP contribution in [0.5, 0.6) is 5.75 Å². The van der Waals surface area contributed by atoms with E-state index in [1.165, 1.54) is 6.20 Å². The van der Waals surface area contributed by atoms with E-state index in [0.717, 1.165) is 4.68 Å². The molecule has 1 aromatic heterocycles. The standard InChI is InChI=1S/C19H17ClN4O3/c1-2-27-17-6-4-3-5-15(17)22-18(25)12-24-19(26)23-16(11-21-24)13-7-9-14(20)10-8-13/h3-11H,2,12H2,1H3,(H,22,25). The molecule has 7 nitrogen and oxygen atoms in total. The van der Waals surface area contributed by atoms with Gasteiger partial charge in [-0.3, -0.25) is 4.79 Å². The molecule has 0 fully saturated rings. The number of ether oxygens (including phenoxy) is 1. The topological polar surface area (TPSA) is 86.1 Å². The van der Waals surface area contributed by atoms with Crippen LogP contribution < -0.4 is 15.7 Å². The van der Waals surface area contributed by atoms with Crippen molar-refractivity contribution < 1.29 is 9.53 Å². The van der Waals surface area contributed by atoms with Gasteiger partial charge in [0.1, 0.15) is 12.3 Å². The fourth-order valence-electron chi connectivity index (χ4n) is 2.41. The van der Waals surface area contributed by atoms with Gasteiger partial charge < -0.3 is 10.1 Å². The summed E-state index contributed by atoms with van der Waals surface area (Å²) in [6.45, 7) is 2.08. The number of carbonyl (C=O) groups excluding carboxylic acids is 1. The maximum absolute atomic E-state index is 12.3. The van der Waals surface area contributed by atoms with Crippen molar-refractivity contribution in [1.82, 2.24) is 14.8 Å². The summed E-state index contributed by atoms with van der Waals surface area (Å²) in [6, 6.07) is 14.0. The number of aromatic nitrogens is 3. The van der Waals surface area contributed by atoms with Crippen LogP contribution in [0.3, 0.4) is 0 Å². The Bertz CT molecular complexity index is 1000. The van der Waals surface area contributed by atoms with Crippen molar-refractivity contribution >= 4 is 23.2 Å². The van der Waals surface area contributed by atoms with Gasteiger partial charge in [0.05, 0.1) is 24.2 Å².